The maximum atomic E-state index is 5.34. The minimum absolute atomic E-state index is 0.951. The van der Waals surface area contributed by atoms with E-state index in [2.05, 4.69) is 20.9 Å². The predicted octanol–water partition coefficient (Wildman–Crippen LogP) is 2.03. The first-order valence-corrected chi connectivity index (χ1v) is 6.61. The van der Waals surface area contributed by atoms with Crippen molar-refractivity contribution in [2.45, 2.75) is 19.9 Å². The highest BCUT2D eigenvalue weighted by Crippen LogP contribution is 2.17. The highest BCUT2D eigenvalue weighted by molar-refractivity contribution is 5.33. The highest BCUT2D eigenvalue weighted by Gasteiger charge is 2.01. The van der Waals surface area contributed by atoms with E-state index in [1.54, 1.807) is 7.11 Å². The summed E-state index contributed by atoms with van der Waals surface area (Å²) in [6, 6.07) is 8.16. The molecule has 0 aliphatic carbocycles. The van der Waals surface area contributed by atoms with E-state index in [1.807, 2.05) is 37.5 Å². The first-order valence-electron chi connectivity index (χ1n) is 6.61. The van der Waals surface area contributed by atoms with Gasteiger partial charge in [0.2, 0.25) is 0 Å². The Kier molecular flexibility index (Phi) is 4.98. The van der Waals surface area contributed by atoms with Gasteiger partial charge in [0, 0.05) is 25.5 Å². The second kappa shape index (κ2) is 6.95. The van der Waals surface area contributed by atoms with Gasteiger partial charge in [-0.15, -0.1) is 0 Å². The van der Waals surface area contributed by atoms with Crippen molar-refractivity contribution < 1.29 is 4.74 Å². The Bertz CT molecular complexity index is 508. The van der Waals surface area contributed by atoms with Crippen LogP contribution in [0.1, 0.15) is 11.4 Å². The standard InChI is InChI=1S/C15H21N3O/c1-13-17-10-12-18(13)11-9-16-8-7-14-5-3-4-6-15(14)19-2/h3-6,10,12,16H,7-9,11H2,1-2H3. The fourth-order valence-electron chi connectivity index (χ4n) is 2.10. The summed E-state index contributed by atoms with van der Waals surface area (Å²) in [6.07, 6.45) is 4.83. The Labute approximate surface area is 114 Å². The Morgan fingerprint density at radius 1 is 1.26 bits per heavy atom. The summed E-state index contributed by atoms with van der Waals surface area (Å²) in [6.45, 7) is 4.88. The average molecular weight is 259 g/mol. The summed E-state index contributed by atoms with van der Waals surface area (Å²) in [5, 5.41) is 3.45. The van der Waals surface area contributed by atoms with Gasteiger partial charge in [-0.25, -0.2) is 4.98 Å². The number of hydrogen-bond donors (Lipinski definition) is 1. The Hall–Kier alpha value is -1.81. The molecule has 0 aliphatic rings. The molecule has 4 nitrogen and oxygen atoms in total. The molecule has 0 atom stereocenters. The van der Waals surface area contributed by atoms with Crippen LogP contribution in [0.5, 0.6) is 5.75 Å². The predicted molar refractivity (Wildman–Crippen MR) is 76.5 cm³/mol. The molecule has 0 fully saturated rings. The number of rotatable bonds is 7. The molecule has 0 bridgehead atoms. The molecular formula is C15H21N3O. The van der Waals surface area contributed by atoms with Gasteiger partial charge in [0.25, 0.3) is 0 Å². The number of hydrogen-bond acceptors (Lipinski definition) is 3. The zero-order valence-corrected chi connectivity index (χ0v) is 11.6. The largest absolute Gasteiger partial charge is 0.496 e. The summed E-state index contributed by atoms with van der Waals surface area (Å²) >= 11 is 0. The van der Waals surface area contributed by atoms with Gasteiger partial charge < -0.3 is 14.6 Å². The lowest BCUT2D eigenvalue weighted by molar-refractivity contribution is 0.409. The molecule has 4 heteroatoms. The van der Waals surface area contributed by atoms with Crippen molar-refractivity contribution in [1.82, 2.24) is 14.9 Å². The molecule has 0 saturated carbocycles. The normalized spacial score (nSPS) is 10.6. The van der Waals surface area contributed by atoms with Gasteiger partial charge in [-0.3, -0.25) is 0 Å². The number of benzene rings is 1. The van der Waals surface area contributed by atoms with Crippen molar-refractivity contribution in [3.63, 3.8) is 0 Å². The molecule has 1 aromatic heterocycles. The SMILES string of the molecule is COc1ccccc1CCNCCn1ccnc1C. The smallest absolute Gasteiger partial charge is 0.122 e. The van der Waals surface area contributed by atoms with Crippen LogP contribution in [0, 0.1) is 6.92 Å². The molecule has 1 aromatic carbocycles. The molecule has 0 unspecified atom stereocenters. The lowest BCUT2D eigenvalue weighted by Gasteiger charge is -2.09. The number of aromatic nitrogens is 2. The number of nitrogens with one attached hydrogen (secondary N) is 1. The third-order valence-electron chi connectivity index (χ3n) is 3.22. The van der Waals surface area contributed by atoms with Gasteiger partial charge in [-0.1, -0.05) is 18.2 Å². The van der Waals surface area contributed by atoms with Crippen molar-refractivity contribution >= 4 is 0 Å². The van der Waals surface area contributed by atoms with Crippen molar-refractivity contribution in [2.75, 3.05) is 20.2 Å². The molecule has 1 N–H and O–H groups in total. The number of ether oxygens (including phenoxy) is 1. The minimum Gasteiger partial charge on any atom is -0.496 e. The molecule has 0 radical (unpaired) electrons. The third kappa shape index (κ3) is 3.83. The molecule has 1 heterocycles. The molecule has 0 saturated heterocycles. The number of nitrogens with zero attached hydrogens (tertiary/aromatic N) is 2. The van der Waals surface area contributed by atoms with Crippen LogP contribution < -0.4 is 10.1 Å². The van der Waals surface area contributed by atoms with E-state index in [-0.39, 0.29) is 0 Å². The van der Waals surface area contributed by atoms with Crippen LogP contribution >= 0.6 is 0 Å². The van der Waals surface area contributed by atoms with E-state index in [1.165, 1.54) is 5.56 Å². The zero-order chi connectivity index (χ0) is 13.5. The Morgan fingerprint density at radius 2 is 2.11 bits per heavy atom. The molecule has 2 aromatic rings. The topological polar surface area (TPSA) is 39.1 Å². The van der Waals surface area contributed by atoms with Crippen molar-refractivity contribution in [3.05, 3.63) is 48.0 Å². The van der Waals surface area contributed by atoms with E-state index < -0.39 is 0 Å². The van der Waals surface area contributed by atoms with Crippen LogP contribution in [0.2, 0.25) is 0 Å². The van der Waals surface area contributed by atoms with Gasteiger partial charge in [-0.05, 0) is 31.5 Å². The van der Waals surface area contributed by atoms with Crippen LogP contribution in [0.15, 0.2) is 36.7 Å². The van der Waals surface area contributed by atoms with Gasteiger partial charge >= 0.3 is 0 Å². The quantitative estimate of drug-likeness (QED) is 0.773. The summed E-state index contributed by atoms with van der Waals surface area (Å²) in [5.74, 6) is 2.03. The van der Waals surface area contributed by atoms with E-state index in [0.29, 0.717) is 0 Å². The lowest BCUT2D eigenvalue weighted by Crippen LogP contribution is -2.22. The van der Waals surface area contributed by atoms with E-state index in [4.69, 9.17) is 4.74 Å². The summed E-state index contributed by atoms with van der Waals surface area (Å²) in [4.78, 5) is 4.20. The second-order valence-corrected chi connectivity index (χ2v) is 4.48. The van der Waals surface area contributed by atoms with Gasteiger partial charge in [0.05, 0.1) is 7.11 Å². The van der Waals surface area contributed by atoms with Crippen molar-refractivity contribution in [2.24, 2.45) is 0 Å². The minimum atomic E-state index is 0.951. The van der Waals surface area contributed by atoms with Crippen molar-refractivity contribution in [3.8, 4) is 5.75 Å². The highest BCUT2D eigenvalue weighted by atomic mass is 16.5. The van der Waals surface area contributed by atoms with Crippen LogP contribution in [-0.2, 0) is 13.0 Å². The molecule has 0 spiro atoms. The second-order valence-electron chi connectivity index (χ2n) is 4.48. The van der Waals surface area contributed by atoms with Gasteiger partial charge in [-0.2, -0.15) is 0 Å². The molecule has 0 aliphatic heterocycles. The maximum Gasteiger partial charge on any atom is 0.122 e. The molecule has 19 heavy (non-hydrogen) atoms. The summed E-state index contributed by atoms with van der Waals surface area (Å²) in [5.41, 5.74) is 1.25. The average Bonchev–Trinajstić information content (AvgIpc) is 2.84. The first kappa shape index (κ1) is 13.6. The van der Waals surface area contributed by atoms with E-state index in [9.17, 15) is 0 Å². The van der Waals surface area contributed by atoms with Gasteiger partial charge in [0.15, 0.2) is 0 Å². The van der Waals surface area contributed by atoms with Crippen LogP contribution in [0.4, 0.5) is 0 Å². The Morgan fingerprint density at radius 3 is 2.84 bits per heavy atom. The van der Waals surface area contributed by atoms with E-state index >= 15 is 0 Å². The number of methoxy groups -OCH3 is 1. The summed E-state index contributed by atoms with van der Waals surface area (Å²) in [7, 11) is 1.72. The van der Waals surface area contributed by atoms with Crippen LogP contribution in [-0.4, -0.2) is 29.8 Å². The van der Waals surface area contributed by atoms with Crippen LogP contribution in [0.25, 0.3) is 0 Å². The molecule has 102 valence electrons. The van der Waals surface area contributed by atoms with Gasteiger partial charge in [0.1, 0.15) is 11.6 Å². The maximum absolute atomic E-state index is 5.34. The van der Waals surface area contributed by atoms with Crippen molar-refractivity contribution in [1.29, 1.82) is 0 Å². The molecule has 0 amide bonds. The van der Waals surface area contributed by atoms with E-state index in [0.717, 1.165) is 37.6 Å². The number of para-hydroxylation sites is 1. The zero-order valence-electron chi connectivity index (χ0n) is 11.6. The monoisotopic (exact) mass is 259 g/mol. The number of aryl methyl sites for hydroxylation is 1. The first-order chi connectivity index (χ1) is 9.31. The summed E-state index contributed by atoms with van der Waals surface area (Å²) < 4.78 is 7.49. The fraction of sp³-hybridized carbons (Fsp3) is 0.400. The fourth-order valence-corrected chi connectivity index (χ4v) is 2.10. The molecule has 2 rings (SSSR count). The number of imidazole rings is 1. The molecular weight excluding hydrogens is 238 g/mol. The van der Waals surface area contributed by atoms with Crippen LogP contribution in [0.3, 0.4) is 0 Å². The third-order valence-corrected chi connectivity index (χ3v) is 3.22. The Balaban J connectivity index is 1.71. The lowest BCUT2D eigenvalue weighted by atomic mass is 10.1.